The van der Waals surface area contributed by atoms with Gasteiger partial charge in [-0.05, 0) is 0 Å². The second-order valence-corrected chi connectivity index (χ2v) is 3.21. The van der Waals surface area contributed by atoms with Crippen LogP contribution in [0.5, 0.6) is 0 Å². The van der Waals surface area contributed by atoms with Crippen LogP contribution in [0.3, 0.4) is 0 Å². The van der Waals surface area contributed by atoms with E-state index < -0.39 is 0 Å². The van der Waals surface area contributed by atoms with Gasteiger partial charge < -0.3 is 10.6 Å². The van der Waals surface area contributed by atoms with Gasteiger partial charge in [-0.1, -0.05) is 22.5 Å². The molecule has 0 rings (SSSR count). The van der Waals surface area contributed by atoms with Crippen LogP contribution in [0.2, 0.25) is 0 Å². The summed E-state index contributed by atoms with van der Waals surface area (Å²) < 4.78 is 0.831. The third-order valence-corrected chi connectivity index (χ3v) is 1.12. The third kappa shape index (κ3) is 4.38. The first kappa shape index (κ1) is 9.49. The molecule has 10 heavy (non-hydrogen) atoms. The molecule has 3 nitrogen and oxygen atoms in total. The summed E-state index contributed by atoms with van der Waals surface area (Å²) in [4.78, 5) is 5.74. The van der Waals surface area contributed by atoms with Crippen molar-refractivity contribution >= 4 is 21.9 Å². The highest BCUT2D eigenvalue weighted by Gasteiger charge is 1.91. The normalized spacial score (nSPS) is 11.3. The Labute approximate surface area is 69.7 Å². The number of aliphatic imine (C=N–C) groups is 1. The van der Waals surface area contributed by atoms with Gasteiger partial charge in [0, 0.05) is 18.6 Å². The van der Waals surface area contributed by atoms with E-state index in [1.807, 2.05) is 14.1 Å². The zero-order valence-corrected chi connectivity index (χ0v) is 7.85. The molecule has 2 N–H and O–H groups in total. The monoisotopic (exact) mass is 205 g/mol. The van der Waals surface area contributed by atoms with E-state index in [-0.39, 0.29) is 0 Å². The Morgan fingerprint density at radius 1 is 1.70 bits per heavy atom. The Bertz CT molecular complexity index is 151. The van der Waals surface area contributed by atoms with E-state index >= 15 is 0 Å². The molecule has 0 bridgehead atoms. The van der Waals surface area contributed by atoms with E-state index in [0.29, 0.717) is 12.5 Å². The molecule has 0 aliphatic carbocycles. The maximum absolute atomic E-state index is 5.48. The summed E-state index contributed by atoms with van der Waals surface area (Å²) in [6, 6.07) is 0. The largest absolute Gasteiger partial charge is 0.370 e. The highest BCUT2D eigenvalue weighted by molar-refractivity contribution is 9.11. The van der Waals surface area contributed by atoms with E-state index in [1.54, 1.807) is 4.90 Å². The highest BCUT2D eigenvalue weighted by atomic mass is 79.9. The molecule has 0 saturated carbocycles. The summed E-state index contributed by atoms with van der Waals surface area (Å²) in [7, 11) is 3.69. The molecule has 0 atom stereocenters. The number of hydrogen-bond acceptors (Lipinski definition) is 1. The fourth-order valence-corrected chi connectivity index (χ4v) is 0.434. The summed E-state index contributed by atoms with van der Waals surface area (Å²) in [6.07, 6.45) is 0. The number of hydrogen-bond donors (Lipinski definition) is 1. The van der Waals surface area contributed by atoms with Crippen LogP contribution in [0.15, 0.2) is 16.1 Å². The van der Waals surface area contributed by atoms with Crippen molar-refractivity contribution in [1.29, 1.82) is 0 Å². The summed E-state index contributed by atoms with van der Waals surface area (Å²) in [6.45, 7) is 4.15. The average molecular weight is 206 g/mol. The van der Waals surface area contributed by atoms with Crippen LogP contribution in [-0.4, -0.2) is 31.5 Å². The molecule has 0 unspecified atom stereocenters. The third-order valence-electron chi connectivity index (χ3n) is 0.871. The van der Waals surface area contributed by atoms with Gasteiger partial charge in [-0.25, -0.2) is 4.99 Å². The molecule has 0 aromatic heterocycles. The first-order valence-electron chi connectivity index (χ1n) is 2.84. The van der Waals surface area contributed by atoms with Gasteiger partial charge in [0.15, 0.2) is 5.96 Å². The van der Waals surface area contributed by atoms with Crippen LogP contribution in [-0.2, 0) is 0 Å². The van der Waals surface area contributed by atoms with Crippen LogP contribution in [0, 0.1) is 0 Å². The maximum atomic E-state index is 5.48. The summed E-state index contributed by atoms with van der Waals surface area (Å²) in [5, 5.41) is 0. The standard InChI is InChI=1S/C6H12BrN3/c1-5(7)4-9-6(8)10(2)3/h1,4H2,2-3H3,(H2,8,9). The molecule has 0 spiro atoms. The molecule has 0 radical (unpaired) electrons. The summed E-state index contributed by atoms with van der Waals surface area (Å²) >= 11 is 3.18. The molecular formula is C6H12BrN3. The quantitative estimate of drug-likeness (QED) is 0.535. The number of halogens is 1. The van der Waals surface area contributed by atoms with Crippen molar-refractivity contribution in [3.63, 3.8) is 0 Å². The van der Waals surface area contributed by atoms with Crippen LogP contribution >= 0.6 is 15.9 Å². The Morgan fingerprint density at radius 3 is 2.50 bits per heavy atom. The van der Waals surface area contributed by atoms with Gasteiger partial charge in [0.1, 0.15) is 0 Å². The van der Waals surface area contributed by atoms with E-state index in [2.05, 4.69) is 27.5 Å². The Kier molecular flexibility index (Phi) is 4.11. The first-order valence-corrected chi connectivity index (χ1v) is 3.64. The molecular weight excluding hydrogens is 194 g/mol. The molecule has 4 heteroatoms. The minimum atomic E-state index is 0.514. The van der Waals surface area contributed by atoms with Crippen LogP contribution in [0.4, 0.5) is 0 Å². The van der Waals surface area contributed by atoms with Crippen LogP contribution in [0.1, 0.15) is 0 Å². The molecule has 0 aliphatic heterocycles. The predicted octanol–water partition coefficient (Wildman–Crippen LogP) is 0.771. The van der Waals surface area contributed by atoms with E-state index in [1.165, 1.54) is 0 Å². The first-order chi connectivity index (χ1) is 4.54. The summed E-state index contributed by atoms with van der Waals surface area (Å²) in [5.74, 6) is 0.514. The highest BCUT2D eigenvalue weighted by Crippen LogP contribution is 1.99. The van der Waals surface area contributed by atoms with Crippen LogP contribution < -0.4 is 5.73 Å². The minimum Gasteiger partial charge on any atom is -0.370 e. The molecule has 0 aromatic rings. The SMILES string of the molecule is C=C(Br)CN=C(N)N(C)C. The zero-order valence-electron chi connectivity index (χ0n) is 6.26. The predicted molar refractivity (Wildman–Crippen MR) is 48.2 cm³/mol. The number of nitrogens with zero attached hydrogens (tertiary/aromatic N) is 2. The van der Waals surface area contributed by atoms with E-state index in [9.17, 15) is 0 Å². The van der Waals surface area contributed by atoms with Crippen molar-refractivity contribution in [2.24, 2.45) is 10.7 Å². The van der Waals surface area contributed by atoms with Gasteiger partial charge in [-0.2, -0.15) is 0 Å². The van der Waals surface area contributed by atoms with Gasteiger partial charge in [0.25, 0.3) is 0 Å². The lowest BCUT2D eigenvalue weighted by Crippen LogP contribution is -2.30. The zero-order chi connectivity index (χ0) is 8.15. The van der Waals surface area contributed by atoms with Crippen molar-refractivity contribution in [3.05, 3.63) is 11.1 Å². The van der Waals surface area contributed by atoms with Crippen molar-refractivity contribution in [1.82, 2.24) is 4.90 Å². The molecule has 0 aliphatic rings. The fourth-order valence-electron chi connectivity index (χ4n) is 0.308. The van der Waals surface area contributed by atoms with Gasteiger partial charge in [-0.3, -0.25) is 0 Å². The smallest absolute Gasteiger partial charge is 0.191 e. The average Bonchev–Trinajstić information content (AvgIpc) is 1.82. The number of rotatable bonds is 2. The lowest BCUT2D eigenvalue weighted by molar-refractivity contribution is 0.611. The Hall–Kier alpha value is -0.510. The minimum absolute atomic E-state index is 0.514. The van der Waals surface area contributed by atoms with Crippen molar-refractivity contribution in [3.8, 4) is 0 Å². The van der Waals surface area contributed by atoms with Gasteiger partial charge >= 0.3 is 0 Å². The van der Waals surface area contributed by atoms with Crippen molar-refractivity contribution < 1.29 is 0 Å². The van der Waals surface area contributed by atoms with Crippen molar-refractivity contribution in [2.75, 3.05) is 20.6 Å². The summed E-state index contributed by atoms with van der Waals surface area (Å²) in [5.41, 5.74) is 5.48. The maximum Gasteiger partial charge on any atom is 0.191 e. The Morgan fingerprint density at radius 2 is 2.20 bits per heavy atom. The van der Waals surface area contributed by atoms with E-state index in [4.69, 9.17) is 5.73 Å². The van der Waals surface area contributed by atoms with Crippen LogP contribution in [0.25, 0.3) is 0 Å². The second kappa shape index (κ2) is 4.33. The second-order valence-electron chi connectivity index (χ2n) is 2.09. The fraction of sp³-hybridized carbons (Fsp3) is 0.500. The lowest BCUT2D eigenvalue weighted by atomic mass is 10.6. The Balaban J connectivity index is 3.80. The molecule has 0 amide bonds. The van der Waals surface area contributed by atoms with Crippen molar-refractivity contribution in [2.45, 2.75) is 0 Å². The molecule has 0 saturated heterocycles. The molecule has 0 aromatic carbocycles. The van der Waals surface area contributed by atoms with Gasteiger partial charge in [0.2, 0.25) is 0 Å². The molecule has 0 heterocycles. The van der Waals surface area contributed by atoms with E-state index in [0.717, 1.165) is 4.48 Å². The number of guanidine groups is 1. The topological polar surface area (TPSA) is 41.6 Å². The molecule has 58 valence electrons. The lowest BCUT2D eigenvalue weighted by Gasteiger charge is -2.09. The van der Waals surface area contributed by atoms with Gasteiger partial charge in [0.05, 0.1) is 6.54 Å². The number of nitrogens with two attached hydrogens (primary N) is 1. The van der Waals surface area contributed by atoms with Gasteiger partial charge in [-0.15, -0.1) is 0 Å². The molecule has 0 fully saturated rings.